The number of aromatic amines is 1. The lowest BCUT2D eigenvalue weighted by molar-refractivity contribution is 0.397. The maximum absolute atomic E-state index is 10.9. The first-order valence-electron chi connectivity index (χ1n) is 5.14. The summed E-state index contributed by atoms with van der Waals surface area (Å²) in [5.41, 5.74) is 1.98. The second-order valence-electron chi connectivity index (χ2n) is 3.49. The van der Waals surface area contributed by atoms with Crippen molar-refractivity contribution < 1.29 is 4.74 Å². The number of nitrogens with zero attached hydrogens (tertiary/aromatic N) is 1. The van der Waals surface area contributed by atoms with E-state index >= 15 is 0 Å². The van der Waals surface area contributed by atoms with Crippen LogP contribution in [0.4, 0.5) is 0 Å². The number of hydrogen-bond acceptors (Lipinski definition) is 5. The van der Waals surface area contributed by atoms with Crippen LogP contribution in [0.1, 0.15) is 11.3 Å². The van der Waals surface area contributed by atoms with Gasteiger partial charge in [-0.25, -0.2) is 4.98 Å². The van der Waals surface area contributed by atoms with E-state index in [1.807, 2.05) is 17.5 Å². The van der Waals surface area contributed by atoms with Crippen molar-refractivity contribution in [3.8, 4) is 5.88 Å². The average Bonchev–Trinajstić information content (AvgIpc) is 2.76. The van der Waals surface area contributed by atoms with E-state index < -0.39 is 0 Å². The van der Waals surface area contributed by atoms with Crippen LogP contribution in [0.15, 0.2) is 28.5 Å². The average molecular weight is 251 g/mol. The molecule has 2 heterocycles. The summed E-state index contributed by atoms with van der Waals surface area (Å²) >= 11 is 1.18. The van der Waals surface area contributed by atoms with Gasteiger partial charge in [-0.05, 0) is 5.56 Å². The smallest absolute Gasteiger partial charge is 0.304 e. The van der Waals surface area contributed by atoms with Crippen molar-refractivity contribution in [3.05, 3.63) is 44.6 Å². The van der Waals surface area contributed by atoms with E-state index in [0.717, 1.165) is 11.3 Å². The fourth-order valence-corrected chi connectivity index (χ4v) is 1.96. The normalized spacial score (nSPS) is 10.4. The molecule has 0 bridgehead atoms. The summed E-state index contributed by atoms with van der Waals surface area (Å²) in [4.78, 5) is 17.7. The molecule has 17 heavy (non-hydrogen) atoms. The van der Waals surface area contributed by atoms with Crippen LogP contribution in [-0.2, 0) is 13.1 Å². The summed E-state index contributed by atoms with van der Waals surface area (Å²) in [5.74, 6) is 0.607. The predicted molar refractivity (Wildman–Crippen MR) is 66.3 cm³/mol. The van der Waals surface area contributed by atoms with Gasteiger partial charge in [-0.3, -0.25) is 4.79 Å². The van der Waals surface area contributed by atoms with Gasteiger partial charge in [0.1, 0.15) is 0 Å². The lowest BCUT2D eigenvalue weighted by Crippen LogP contribution is -2.13. The van der Waals surface area contributed by atoms with Crippen molar-refractivity contribution in [1.29, 1.82) is 0 Å². The molecule has 0 aromatic carbocycles. The number of thiazole rings is 1. The van der Waals surface area contributed by atoms with Gasteiger partial charge in [-0.15, -0.1) is 0 Å². The number of hydrogen-bond donors (Lipinski definition) is 2. The molecule has 0 radical (unpaired) electrons. The highest BCUT2D eigenvalue weighted by Crippen LogP contribution is 2.06. The Hall–Kier alpha value is -1.66. The number of aromatic nitrogens is 2. The molecule has 0 aliphatic rings. The van der Waals surface area contributed by atoms with Crippen molar-refractivity contribution in [1.82, 2.24) is 15.3 Å². The number of methoxy groups -OCH3 is 1. The van der Waals surface area contributed by atoms with E-state index in [4.69, 9.17) is 4.74 Å². The summed E-state index contributed by atoms with van der Waals surface area (Å²) in [7, 11) is 1.59. The number of pyridine rings is 1. The molecule has 0 unspecified atom stereocenters. The molecule has 0 saturated carbocycles. The molecule has 0 aliphatic heterocycles. The molecule has 0 aliphatic carbocycles. The maximum Gasteiger partial charge on any atom is 0.304 e. The number of nitrogens with one attached hydrogen (secondary N) is 2. The maximum atomic E-state index is 10.9. The second kappa shape index (κ2) is 5.60. The van der Waals surface area contributed by atoms with Gasteiger partial charge in [0.2, 0.25) is 5.88 Å². The highest BCUT2D eigenvalue weighted by atomic mass is 32.1. The third kappa shape index (κ3) is 3.40. The van der Waals surface area contributed by atoms with Crippen molar-refractivity contribution >= 4 is 11.3 Å². The summed E-state index contributed by atoms with van der Waals surface area (Å²) in [6.07, 6.45) is 1.77. The van der Waals surface area contributed by atoms with Crippen LogP contribution in [-0.4, -0.2) is 17.1 Å². The lowest BCUT2D eigenvalue weighted by atomic mass is 10.3. The Kier molecular flexibility index (Phi) is 3.89. The third-order valence-corrected chi connectivity index (χ3v) is 2.94. The van der Waals surface area contributed by atoms with Gasteiger partial charge in [0.05, 0.1) is 7.11 Å². The topological polar surface area (TPSA) is 67.0 Å². The highest BCUT2D eigenvalue weighted by molar-refractivity contribution is 7.07. The van der Waals surface area contributed by atoms with Crippen LogP contribution < -0.4 is 14.9 Å². The van der Waals surface area contributed by atoms with Crippen LogP contribution in [0, 0.1) is 0 Å². The molecule has 0 saturated heterocycles. The van der Waals surface area contributed by atoms with E-state index in [2.05, 4.69) is 15.3 Å². The van der Waals surface area contributed by atoms with Gasteiger partial charge < -0.3 is 15.0 Å². The largest absolute Gasteiger partial charge is 0.481 e. The predicted octanol–water partition coefficient (Wildman–Crippen LogP) is 1.13. The molecule has 5 nitrogen and oxygen atoms in total. The number of ether oxygens (including phenoxy) is 1. The Morgan fingerprint density at radius 2 is 2.35 bits per heavy atom. The van der Waals surface area contributed by atoms with Crippen LogP contribution in [0.2, 0.25) is 0 Å². The number of H-pyrrole nitrogens is 1. The Bertz CT molecular complexity index is 518. The molecule has 6 heteroatoms. The second-order valence-corrected chi connectivity index (χ2v) is 4.33. The zero-order valence-electron chi connectivity index (χ0n) is 9.40. The molecule has 2 N–H and O–H groups in total. The van der Waals surface area contributed by atoms with Crippen LogP contribution in [0.25, 0.3) is 0 Å². The monoisotopic (exact) mass is 251 g/mol. The standard InChI is InChI=1S/C11H13N3O2S/c1-16-10-3-2-8(5-13-10)4-12-6-9-7-17-11(15)14-9/h2-3,5,7,12H,4,6H2,1H3,(H,14,15). The van der Waals surface area contributed by atoms with Gasteiger partial charge in [0, 0.05) is 36.4 Å². The Labute approximate surface area is 102 Å². The van der Waals surface area contributed by atoms with Crippen LogP contribution >= 0.6 is 11.3 Å². The zero-order chi connectivity index (χ0) is 12.1. The lowest BCUT2D eigenvalue weighted by Gasteiger charge is -2.04. The first-order valence-corrected chi connectivity index (χ1v) is 6.02. The minimum atomic E-state index is -0.0204. The Morgan fingerprint density at radius 3 is 2.94 bits per heavy atom. The zero-order valence-corrected chi connectivity index (χ0v) is 10.2. The van der Waals surface area contributed by atoms with Crippen molar-refractivity contribution in [2.75, 3.05) is 7.11 Å². The summed E-state index contributed by atoms with van der Waals surface area (Å²) in [6.45, 7) is 1.35. The van der Waals surface area contributed by atoms with Gasteiger partial charge in [-0.2, -0.15) is 0 Å². The van der Waals surface area contributed by atoms with Gasteiger partial charge in [0.15, 0.2) is 0 Å². The molecular formula is C11H13N3O2S. The summed E-state index contributed by atoms with van der Waals surface area (Å²) in [5, 5.41) is 5.05. The summed E-state index contributed by atoms with van der Waals surface area (Å²) < 4.78 is 4.98. The molecule has 2 aromatic heterocycles. The third-order valence-electron chi connectivity index (χ3n) is 2.22. The van der Waals surface area contributed by atoms with Crippen LogP contribution in [0.3, 0.4) is 0 Å². The van der Waals surface area contributed by atoms with E-state index in [-0.39, 0.29) is 4.87 Å². The van der Waals surface area contributed by atoms with Crippen molar-refractivity contribution in [2.24, 2.45) is 0 Å². The van der Waals surface area contributed by atoms with Crippen molar-refractivity contribution in [3.63, 3.8) is 0 Å². The molecular weight excluding hydrogens is 238 g/mol. The van der Waals surface area contributed by atoms with E-state index in [1.54, 1.807) is 13.3 Å². The van der Waals surface area contributed by atoms with Gasteiger partial charge >= 0.3 is 4.87 Å². The Balaban J connectivity index is 1.83. The molecule has 2 aromatic rings. The fraction of sp³-hybridized carbons (Fsp3) is 0.273. The highest BCUT2D eigenvalue weighted by Gasteiger charge is 1.98. The SMILES string of the molecule is COc1ccc(CNCc2csc(=O)[nH]2)cn1. The number of rotatable bonds is 5. The van der Waals surface area contributed by atoms with Gasteiger partial charge in [0.25, 0.3) is 0 Å². The first kappa shape index (κ1) is 11.8. The van der Waals surface area contributed by atoms with E-state index in [1.165, 1.54) is 11.3 Å². The molecule has 2 rings (SSSR count). The molecule has 0 amide bonds. The first-order chi connectivity index (χ1) is 8.28. The van der Waals surface area contributed by atoms with Crippen molar-refractivity contribution in [2.45, 2.75) is 13.1 Å². The summed E-state index contributed by atoms with van der Waals surface area (Å²) in [6, 6.07) is 3.78. The molecule has 0 fully saturated rings. The minimum Gasteiger partial charge on any atom is -0.481 e. The van der Waals surface area contributed by atoms with Gasteiger partial charge in [-0.1, -0.05) is 17.4 Å². The minimum absolute atomic E-state index is 0.0204. The fourth-order valence-electron chi connectivity index (χ4n) is 1.38. The molecule has 0 spiro atoms. The quantitative estimate of drug-likeness (QED) is 0.836. The van der Waals surface area contributed by atoms with E-state index in [0.29, 0.717) is 19.0 Å². The molecule has 90 valence electrons. The molecule has 0 atom stereocenters. The van der Waals surface area contributed by atoms with Crippen LogP contribution in [0.5, 0.6) is 5.88 Å². The Morgan fingerprint density at radius 1 is 1.47 bits per heavy atom. The van der Waals surface area contributed by atoms with E-state index in [9.17, 15) is 4.79 Å².